The Morgan fingerprint density at radius 2 is 0.889 bits per heavy atom. The van der Waals surface area contributed by atoms with E-state index < -0.39 is 0 Å². The molecule has 232 valence electrons. The highest BCUT2D eigenvalue weighted by Crippen LogP contribution is 2.43. The van der Waals surface area contributed by atoms with E-state index in [0.29, 0.717) is 6.61 Å². The summed E-state index contributed by atoms with van der Waals surface area (Å²) in [5.74, 6) is 0.913. The number of rotatable bonds is 14. The van der Waals surface area contributed by atoms with Crippen molar-refractivity contribution in [2.75, 3.05) is 47.5 Å². The molecule has 0 aromatic heterocycles. The fourth-order valence-corrected chi connectivity index (χ4v) is 6.27. The number of hydrogen-bond donors (Lipinski definition) is 0. The van der Waals surface area contributed by atoms with Crippen molar-refractivity contribution in [3.63, 3.8) is 0 Å². The smallest absolute Gasteiger partial charge is 0.125 e. The molecule has 0 aliphatic rings. The molecule has 0 amide bonds. The lowest BCUT2D eigenvalue weighted by Crippen LogP contribution is -2.22. The van der Waals surface area contributed by atoms with Gasteiger partial charge in [0.15, 0.2) is 0 Å². The Hall–Kier alpha value is -4.70. The van der Waals surface area contributed by atoms with Crippen LogP contribution in [0.1, 0.15) is 57.2 Å². The summed E-state index contributed by atoms with van der Waals surface area (Å²) in [7, 11) is 0. The second-order valence-corrected chi connectivity index (χ2v) is 11.1. The topological polar surface area (TPSA) is 19.0 Å². The molecular formula is C41H47N3O. The van der Waals surface area contributed by atoms with Gasteiger partial charge in [0.05, 0.1) is 6.61 Å². The zero-order valence-corrected chi connectivity index (χ0v) is 27.5. The van der Waals surface area contributed by atoms with Gasteiger partial charge in [0.2, 0.25) is 0 Å². The van der Waals surface area contributed by atoms with Crippen LogP contribution >= 0.6 is 0 Å². The standard InChI is InChI=1S/C41H47N3O/c1-6-42(7-2)34-25-21-32(22-26-34)41(33-23-27-35(28-24-33)43(8-3)9-4)39-30-29-38(31-40(39)45-10-5)44(36-17-13-11-14-18-36)37-19-15-12-16-20-37/h11-31,41H,6-10H2,1-5H3. The van der Waals surface area contributed by atoms with E-state index in [2.05, 4.69) is 177 Å². The molecule has 0 saturated carbocycles. The van der Waals surface area contributed by atoms with Gasteiger partial charge in [-0.3, -0.25) is 0 Å². The maximum Gasteiger partial charge on any atom is 0.125 e. The summed E-state index contributed by atoms with van der Waals surface area (Å²) in [6.07, 6.45) is 0. The molecule has 0 radical (unpaired) electrons. The lowest BCUT2D eigenvalue weighted by molar-refractivity contribution is 0.336. The molecule has 0 heterocycles. The van der Waals surface area contributed by atoms with Gasteiger partial charge < -0.3 is 19.4 Å². The molecule has 0 spiro atoms. The maximum absolute atomic E-state index is 6.47. The van der Waals surface area contributed by atoms with Gasteiger partial charge in [-0.05, 0) is 100 Å². The van der Waals surface area contributed by atoms with E-state index in [1.54, 1.807) is 0 Å². The summed E-state index contributed by atoms with van der Waals surface area (Å²) < 4.78 is 6.47. The van der Waals surface area contributed by atoms with Gasteiger partial charge in [-0.15, -0.1) is 0 Å². The fourth-order valence-electron chi connectivity index (χ4n) is 6.27. The molecule has 0 aliphatic heterocycles. The Labute approximate surface area is 270 Å². The minimum atomic E-state index is 0.0130. The van der Waals surface area contributed by atoms with Crippen molar-refractivity contribution in [1.82, 2.24) is 0 Å². The number of anilines is 5. The first-order valence-corrected chi connectivity index (χ1v) is 16.5. The van der Waals surface area contributed by atoms with E-state index in [1.165, 1.54) is 22.5 Å². The third-order valence-corrected chi connectivity index (χ3v) is 8.60. The molecular weight excluding hydrogens is 550 g/mol. The van der Waals surface area contributed by atoms with Gasteiger partial charge in [-0.1, -0.05) is 66.7 Å². The van der Waals surface area contributed by atoms with E-state index in [9.17, 15) is 0 Å². The third-order valence-electron chi connectivity index (χ3n) is 8.60. The molecule has 4 nitrogen and oxygen atoms in total. The molecule has 0 bridgehead atoms. The monoisotopic (exact) mass is 597 g/mol. The quantitative estimate of drug-likeness (QED) is 0.119. The Morgan fingerprint density at radius 1 is 0.467 bits per heavy atom. The Morgan fingerprint density at radius 3 is 1.29 bits per heavy atom. The van der Waals surface area contributed by atoms with Crippen molar-refractivity contribution in [2.24, 2.45) is 0 Å². The molecule has 0 saturated heterocycles. The number of para-hydroxylation sites is 2. The highest BCUT2D eigenvalue weighted by molar-refractivity contribution is 5.77. The zero-order valence-electron chi connectivity index (χ0n) is 27.5. The van der Waals surface area contributed by atoms with Crippen LogP contribution in [0.4, 0.5) is 28.4 Å². The van der Waals surface area contributed by atoms with Crippen LogP contribution in [-0.2, 0) is 0 Å². The normalized spacial score (nSPS) is 11.0. The summed E-state index contributed by atoms with van der Waals surface area (Å²) in [4.78, 5) is 7.07. The predicted molar refractivity (Wildman–Crippen MR) is 193 cm³/mol. The average molecular weight is 598 g/mol. The van der Waals surface area contributed by atoms with Crippen molar-refractivity contribution >= 4 is 28.4 Å². The van der Waals surface area contributed by atoms with Crippen molar-refractivity contribution < 1.29 is 4.74 Å². The van der Waals surface area contributed by atoms with Crippen LogP contribution < -0.4 is 19.4 Å². The highest BCUT2D eigenvalue weighted by atomic mass is 16.5. The molecule has 5 aromatic carbocycles. The van der Waals surface area contributed by atoms with E-state index in [1.807, 2.05) is 0 Å². The van der Waals surface area contributed by atoms with Crippen LogP contribution in [0.3, 0.4) is 0 Å². The van der Waals surface area contributed by atoms with Crippen molar-refractivity contribution in [2.45, 2.75) is 40.5 Å². The Bertz CT molecular complexity index is 1500. The molecule has 0 aliphatic carbocycles. The lowest BCUT2D eigenvalue weighted by atomic mass is 9.84. The van der Waals surface area contributed by atoms with Gasteiger partial charge in [-0.2, -0.15) is 0 Å². The number of ether oxygens (including phenoxy) is 1. The SMILES string of the molecule is CCOc1cc(N(c2ccccc2)c2ccccc2)ccc1C(c1ccc(N(CC)CC)cc1)c1ccc(N(CC)CC)cc1. The van der Waals surface area contributed by atoms with Crippen LogP contribution in [0.15, 0.2) is 127 Å². The molecule has 0 unspecified atom stereocenters. The molecule has 0 N–H and O–H groups in total. The van der Waals surface area contributed by atoms with Crippen molar-refractivity contribution in [1.29, 1.82) is 0 Å². The van der Waals surface area contributed by atoms with E-state index in [0.717, 1.165) is 54.6 Å². The maximum atomic E-state index is 6.47. The highest BCUT2D eigenvalue weighted by Gasteiger charge is 2.23. The van der Waals surface area contributed by atoms with E-state index in [4.69, 9.17) is 4.74 Å². The lowest BCUT2D eigenvalue weighted by Gasteiger charge is -2.28. The van der Waals surface area contributed by atoms with Crippen LogP contribution in [-0.4, -0.2) is 32.8 Å². The summed E-state index contributed by atoms with van der Waals surface area (Å²) in [5, 5.41) is 0. The summed E-state index contributed by atoms with van der Waals surface area (Å²) in [6.45, 7) is 15.4. The van der Waals surface area contributed by atoms with Crippen molar-refractivity contribution in [3.8, 4) is 5.75 Å². The van der Waals surface area contributed by atoms with Crippen LogP contribution in [0, 0.1) is 0 Å². The minimum absolute atomic E-state index is 0.0130. The molecule has 4 heteroatoms. The average Bonchev–Trinajstić information content (AvgIpc) is 3.09. The molecule has 0 atom stereocenters. The molecule has 5 aromatic rings. The molecule has 5 rings (SSSR count). The van der Waals surface area contributed by atoms with Gasteiger partial charge in [0.25, 0.3) is 0 Å². The van der Waals surface area contributed by atoms with Crippen LogP contribution in [0.25, 0.3) is 0 Å². The van der Waals surface area contributed by atoms with E-state index >= 15 is 0 Å². The largest absolute Gasteiger partial charge is 0.493 e. The predicted octanol–water partition coefficient (Wildman–Crippen LogP) is 10.4. The van der Waals surface area contributed by atoms with Crippen molar-refractivity contribution in [3.05, 3.63) is 144 Å². The second-order valence-electron chi connectivity index (χ2n) is 11.1. The Kier molecular flexibility index (Phi) is 10.8. The van der Waals surface area contributed by atoms with Gasteiger partial charge in [0.1, 0.15) is 5.75 Å². The first-order valence-electron chi connectivity index (χ1n) is 16.5. The minimum Gasteiger partial charge on any atom is -0.493 e. The third kappa shape index (κ3) is 7.17. The van der Waals surface area contributed by atoms with Crippen LogP contribution in [0.5, 0.6) is 5.75 Å². The van der Waals surface area contributed by atoms with Gasteiger partial charge >= 0.3 is 0 Å². The summed E-state index contributed by atoms with van der Waals surface area (Å²) >= 11 is 0. The second kappa shape index (κ2) is 15.3. The van der Waals surface area contributed by atoms with Crippen LogP contribution in [0.2, 0.25) is 0 Å². The number of nitrogens with zero attached hydrogens (tertiary/aromatic N) is 3. The fraction of sp³-hybridized carbons (Fsp3) is 0.268. The van der Waals surface area contributed by atoms with Gasteiger partial charge in [-0.25, -0.2) is 0 Å². The molecule has 0 fully saturated rings. The number of benzene rings is 5. The first-order chi connectivity index (χ1) is 22.1. The Balaban J connectivity index is 1.64. The summed E-state index contributed by atoms with van der Waals surface area (Å²) in [6, 6.07) is 46.0. The van der Waals surface area contributed by atoms with Gasteiger partial charge in [0, 0.05) is 72.2 Å². The van der Waals surface area contributed by atoms with E-state index in [-0.39, 0.29) is 5.92 Å². The summed E-state index contributed by atoms with van der Waals surface area (Å²) in [5.41, 5.74) is 9.43. The number of hydrogen-bond acceptors (Lipinski definition) is 4. The zero-order chi connectivity index (χ0) is 31.6. The first kappa shape index (κ1) is 31.7. The molecule has 45 heavy (non-hydrogen) atoms.